The second-order valence-electron chi connectivity index (χ2n) is 4.35. The number of ether oxygens (including phenoxy) is 3. The van der Waals surface area contributed by atoms with Gasteiger partial charge in [0, 0.05) is 6.61 Å². The lowest BCUT2D eigenvalue weighted by Gasteiger charge is -2.10. The Morgan fingerprint density at radius 1 is 1.10 bits per heavy atom. The number of nitrogen functional groups attached to an aromatic ring is 1. The molecule has 8 heteroatoms. The van der Waals surface area contributed by atoms with Gasteiger partial charge in [-0.3, -0.25) is 5.43 Å². The molecule has 0 saturated carbocycles. The Balaban J connectivity index is 2.47. The van der Waals surface area contributed by atoms with Crippen molar-refractivity contribution in [2.75, 3.05) is 25.2 Å². The quantitative estimate of drug-likeness (QED) is 0.374. The fraction of sp³-hybridized carbons (Fsp3) is 0.750. The number of hydrazine groups is 1. The number of nitrogens with two attached hydrogens (primary N) is 1. The van der Waals surface area contributed by atoms with Crippen LogP contribution in [0, 0.1) is 0 Å². The molecule has 3 N–H and O–H groups in total. The van der Waals surface area contributed by atoms with Gasteiger partial charge in [-0.1, -0.05) is 13.3 Å². The maximum absolute atomic E-state index is 5.39. The Morgan fingerprint density at radius 3 is 2.50 bits per heavy atom. The van der Waals surface area contributed by atoms with Gasteiger partial charge >= 0.3 is 12.0 Å². The summed E-state index contributed by atoms with van der Waals surface area (Å²) >= 11 is 0. The van der Waals surface area contributed by atoms with Gasteiger partial charge in [-0.15, -0.1) is 4.98 Å². The van der Waals surface area contributed by atoms with Crippen LogP contribution < -0.4 is 20.7 Å². The van der Waals surface area contributed by atoms with Crippen molar-refractivity contribution in [3.05, 3.63) is 0 Å². The monoisotopic (exact) mass is 285 g/mol. The van der Waals surface area contributed by atoms with Crippen molar-refractivity contribution in [1.29, 1.82) is 0 Å². The Labute approximate surface area is 119 Å². The van der Waals surface area contributed by atoms with E-state index >= 15 is 0 Å². The van der Waals surface area contributed by atoms with Crippen LogP contribution in [-0.2, 0) is 4.74 Å². The van der Waals surface area contributed by atoms with E-state index in [9.17, 15) is 0 Å². The molecule has 0 saturated heterocycles. The predicted octanol–water partition coefficient (Wildman–Crippen LogP) is 1.14. The minimum atomic E-state index is -0.0479. The van der Waals surface area contributed by atoms with E-state index in [2.05, 4.69) is 27.3 Å². The summed E-state index contributed by atoms with van der Waals surface area (Å²) in [5.74, 6) is 5.48. The van der Waals surface area contributed by atoms with Crippen LogP contribution in [0.2, 0.25) is 0 Å². The summed E-state index contributed by atoms with van der Waals surface area (Å²) in [7, 11) is 0. The first-order chi connectivity index (χ1) is 9.65. The molecule has 0 aliphatic heterocycles. The molecule has 1 aromatic rings. The van der Waals surface area contributed by atoms with E-state index in [0.29, 0.717) is 13.2 Å². The molecule has 1 rings (SSSR count). The molecule has 0 fully saturated rings. The van der Waals surface area contributed by atoms with E-state index in [1.807, 2.05) is 13.8 Å². The summed E-state index contributed by atoms with van der Waals surface area (Å²) in [5.41, 5.74) is 2.35. The molecule has 0 unspecified atom stereocenters. The molecule has 0 bridgehead atoms. The summed E-state index contributed by atoms with van der Waals surface area (Å²) in [5, 5.41) is 0. The van der Waals surface area contributed by atoms with Gasteiger partial charge in [-0.25, -0.2) is 5.84 Å². The summed E-state index contributed by atoms with van der Waals surface area (Å²) < 4.78 is 16.2. The number of hydrogen-bond acceptors (Lipinski definition) is 8. The standard InChI is InChI=1S/C12H23N5O3/c1-4-5-6-18-7-8-19-11-14-10(17-13)15-12(16-11)20-9(2)3/h9H,4-8,13H2,1-3H3,(H,14,15,16,17). The number of hydrogen-bond donors (Lipinski definition) is 2. The third-order valence-electron chi connectivity index (χ3n) is 2.17. The maximum Gasteiger partial charge on any atom is 0.324 e. The van der Waals surface area contributed by atoms with Crippen LogP contribution >= 0.6 is 0 Å². The number of nitrogens with one attached hydrogen (secondary N) is 1. The lowest BCUT2D eigenvalue weighted by Crippen LogP contribution is -2.16. The van der Waals surface area contributed by atoms with E-state index in [0.717, 1.165) is 19.4 Å². The average Bonchev–Trinajstić information content (AvgIpc) is 2.41. The van der Waals surface area contributed by atoms with Crippen LogP contribution in [0.15, 0.2) is 0 Å². The fourth-order valence-corrected chi connectivity index (χ4v) is 1.27. The Bertz CT molecular complexity index is 389. The van der Waals surface area contributed by atoms with E-state index < -0.39 is 0 Å². The van der Waals surface area contributed by atoms with Gasteiger partial charge in [0.25, 0.3) is 0 Å². The fourth-order valence-electron chi connectivity index (χ4n) is 1.27. The minimum Gasteiger partial charge on any atom is -0.461 e. The van der Waals surface area contributed by atoms with Crippen molar-refractivity contribution in [2.24, 2.45) is 5.84 Å². The predicted molar refractivity (Wildman–Crippen MR) is 74.6 cm³/mol. The minimum absolute atomic E-state index is 0.0479. The van der Waals surface area contributed by atoms with Gasteiger partial charge < -0.3 is 14.2 Å². The van der Waals surface area contributed by atoms with E-state index in [4.69, 9.17) is 20.1 Å². The second-order valence-corrected chi connectivity index (χ2v) is 4.35. The van der Waals surface area contributed by atoms with Crippen LogP contribution in [0.1, 0.15) is 33.6 Å². The van der Waals surface area contributed by atoms with Crippen molar-refractivity contribution in [3.8, 4) is 12.0 Å². The number of nitrogens with zero attached hydrogens (tertiary/aromatic N) is 3. The van der Waals surface area contributed by atoms with Crippen molar-refractivity contribution in [1.82, 2.24) is 15.0 Å². The molecule has 1 heterocycles. The first-order valence-electron chi connectivity index (χ1n) is 6.75. The summed E-state index contributed by atoms with van der Waals surface area (Å²) in [6.45, 7) is 7.44. The molecular formula is C12H23N5O3. The molecular weight excluding hydrogens is 262 g/mol. The molecule has 1 aromatic heterocycles. The summed E-state index contributed by atoms with van der Waals surface area (Å²) in [6, 6.07) is 0.326. The molecule has 0 spiro atoms. The highest BCUT2D eigenvalue weighted by molar-refractivity contribution is 5.25. The normalized spacial score (nSPS) is 10.7. The van der Waals surface area contributed by atoms with Gasteiger partial charge in [0.1, 0.15) is 6.61 Å². The maximum atomic E-state index is 5.39. The molecule has 114 valence electrons. The average molecular weight is 285 g/mol. The molecule has 0 atom stereocenters. The number of unbranched alkanes of at least 4 members (excludes halogenated alkanes) is 1. The van der Waals surface area contributed by atoms with Crippen molar-refractivity contribution in [3.63, 3.8) is 0 Å². The Hall–Kier alpha value is -1.67. The molecule has 20 heavy (non-hydrogen) atoms. The van der Waals surface area contributed by atoms with Gasteiger partial charge in [0.2, 0.25) is 5.95 Å². The zero-order valence-electron chi connectivity index (χ0n) is 12.3. The number of anilines is 1. The zero-order chi connectivity index (χ0) is 14.8. The zero-order valence-corrected chi connectivity index (χ0v) is 12.3. The van der Waals surface area contributed by atoms with E-state index in [1.54, 1.807) is 0 Å². The molecule has 0 amide bonds. The molecule has 0 radical (unpaired) electrons. The lowest BCUT2D eigenvalue weighted by molar-refractivity contribution is 0.0939. The lowest BCUT2D eigenvalue weighted by atomic mass is 10.4. The van der Waals surface area contributed by atoms with Crippen LogP contribution in [0.3, 0.4) is 0 Å². The molecule has 0 aromatic carbocycles. The van der Waals surface area contributed by atoms with Gasteiger partial charge in [-0.05, 0) is 20.3 Å². The summed E-state index contributed by atoms with van der Waals surface area (Å²) in [4.78, 5) is 12.0. The van der Waals surface area contributed by atoms with Crippen molar-refractivity contribution >= 4 is 5.95 Å². The first-order valence-corrected chi connectivity index (χ1v) is 6.75. The third-order valence-corrected chi connectivity index (χ3v) is 2.17. The summed E-state index contributed by atoms with van der Waals surface area (Å²) in [6.07, 6.45) is 2.10. The van der Waals surface area contributed by atoms with E-state index in [1.165, 1.54) is 0 Å². The highest BCUT2D eigenvalue weighted by atomic mass is 16.5. The largest absolute Gasteiger partial charge is 0.461 e. The van der Waals surface area contributed by atoms with Gasteiger partial charge in [0.15, 0.2) is 0 Å². The Morgan fingerprint density at radius 2 is 1.85 bits per heavy atom. The van der Waals surface area contributed by atoms with Crippen LogP contribution in [-0.4, -0.2) is 40.9 Å². The topological polar surface area (TPSA) is 104 Å². The van der Waals surface area contributed by atoms with Gasteiger partial charge in [-0.2, -0.15) is 9.97 Å². The smallest absolute Gasteiger partial charge is 0.324 e. The molecule has 8 nitrogen and oxygen atoms in total. The third kappa shape index (κ3) is 6.48. The van der Waals surface area contributed by atoms with E-state index in [-0.39, 0.29) is 24.1 Å². The highest BCUT2D eigenvalue weighted by Crippen LogP contribution is 2.13. The van der Waals surface area contributed by atoms with Gasteiger partial charge in [0.05, 0.1) is 12.7 Å². The van der Waals surface area contributed by atoms with Crippen LogP contribution in [0.4, 0.5) is 5.95 Å². The first kappa shape index (κ1) is 16.4. The molecule has 0 aliphatic rings. The Kier molecular flexibility index (Phi) is 7.59. The van der Waals surface area contributed by atoms with Crippen molar-refractivity contribution in [2.45, 2.75) is 39.7 Å². The second kappa shape index (κ2) is 9.27. The van der Waals surface area contributed by atoms with Crippen LogP contribution in [0.5, 0.6) is 12.0 Å². The van der Waals surface area contributed by atoms with Crippen molar-refractivity contribution < 1.29 is 14.2 Å². The number of aromatic nitrogens is 3. The number of rotatable bonds is 10. The molecule has 0 aliphatic carbocycles. The van der Waals surface area contributed by atoms with Crippen LogP contribution in [0.25, 0.3) is 0 Å². The highest BCUT2D eigenvalue weighted by Gasteiger charge is 2.09. The SMILES string of the molecule is CCCCOCCOc1nc(NN)nc(OC(C)C)n1.